The van der Waals surface area contributed by atoms with Gasteiger partial charge in [0.05, 0.1) is 6.07 Å². The van der Waals surface area contributed by atoms with Gasteiger partial charge in [-0.25, -0.2) is 9.97 Å². The van der Waals surface area contributed by atoms with Gasteiger partial charge in [0.2, 0.25) is 5.28 Å². The molecular weight excluding hydrogens is 245 g/mol. The van der Waals surface area contributed by atoms with Gasteiger partial charge in [0, 0.05) is 28.6 Å². The highest BCUT2D eigenvalue weighted by atomic mass is 35.5. The number of halogens is 2. The molecule has 1 aromatic heterocycles. The predicted octanol–water partition coefficient (Wildman–Crippen LogP) is 3.32. The molecule has 16 heavy (non-hydrogen) atoms. The van der Waals surface area contributed by atoms with E-state index in [1.165, 1.54) is 0 Å². The Hall–Kier alpha value is -1.37. The SMILES string of the molecule is N#CC1=C(c2cnc(Cl)nc2)C=C(Cl)CC1. The molecule has 0 saturated heterocycles. The number of rotatable bonds is 1. The Morgan fingerprint density at radius 3 is 2.50 bits per heavy atom. The van der Waals surface area contributed by atoms with Crippen LogP contribution >= 0.6 is 23.2 Å². The van der Waals surface area contributed by atoms with Crippen molar-refractivity contribution >= 4 is 28.8 Å². The third kappa shape index (κ3) is 2.24. The molecule has 0 spiro atoms. The molecule has 1 aromatic rings. The lowest BCUT2D eigenvalue weighted by molar-refractivity contribution is 0.981. The summed E-state index contributed by atoms with van der Waals surface area (Å²) in [4.78, 5) is 7.77. The van der Waals surface area contributed by atoms with E-state index in [-0.39, 0.29) is 5.28 Å². The number of nitrogens with zero attached hydrogens (tertiary/aromatic N) is 3. The zero-order valence-electron chi connectivity index (χ0n) is 8.24. The van der Waals surface area contributed by atoms with Crippen molar-refractivity contribution in [3.05, 3.63) is 39.9 Å². The van der Waals surface area contributed by atoms with Gasteiger partial charge in [-0.2, -0.15) is 5.26 Å². The van der Waals surface area contributed by atoms with Gasteiger partial charge in [-0.1, -0.05) is 11.6 Å². The molecule has 0 aromatic carbocycles. The first-order chi connectivity index (χ1) is 7.70. The number of hydrogen-bond acceptors (Lipinski definition) is 3. The van der Waals surface area contributed by atoms with E-state index in [0.29, 0.717) is 18.4 Å². The summed E-state index contributed by atoms with van der Waals surface area (Å²) < 4.78 is 0. The molecular formula is C11H7Cl2N3. The summed E-state index contributed by atoms with van der Waals surface area (Å²) in [7, 11) is 0. The second-order valence-corrected chi connectivity index (χ2v) is 4.16. The lowest BCUT2D eigenvalue weighted by Crippen LogP contribution is -1.97. The van der Waals surface area contributed by atoms with Gasteiger partial charge in [-0.05, 0) is 36.1 Å². The minimum absolute atomic E-state index is 0.189. The van der Waals surface area contributed by atoms with Gasteiger partial charge < -0.3 is 0 Å². The molecule has 0 aliphatic heterocycles. The van der Waals surface area contributed by atoms with E-state index in [0.717, 1.165) is 16.2 Å². The van der Waals surface area contributed by atoms with Crippen LogP contribution in [0.25, 0.3) is 5.57 Å². The summed E-state index contributed by atoms with van der Waals surface area (Å²) in [5.74, 6) is 0. The maximum Gasteiger partial charge on any atom is 0.222 e. The predicted molar refractivity (Wildman–Crippen MR) is 62.7 cm³/mol. The van der Waals surface area contributed by atoms with E-state index in [9.17, 15) is 0 Å². The van der Waals surface area contributed by atoms with Gasteiger partial charge in [-0.3, -0.25) is 0 Å². The number of nitriles is 1. The second kappa shape index (κ2) is 4.65. The molecule has 0 radical (unpaired) electrons. The second-order valence-electron chi connectivity index (χ2n) is 3.34. The number of allylic oxidation sites excluding steroid dienone is 4. The molecule has 5 heteroatoms. The van der Waals surface area contributed by atoms with Crippen molar-refractivity contribution in [1.82, 2.24) is 9.97 Å². The van der Waals surface area contributed by atoms with Crippen LogP contribution in [0, 0.1) is 11.3 Å². The molecule has 1 aliphatic rings. The molecule has 3 nitrogen and oxygen atoms in total. The molecule has 1 aliphatic carbocycles. The Kier molecular flexibility index (Phi) is 3.23. The molecule has 2 rings (SSSR count). The summed E-state index contributed by atoms with van der Waals surface area (Å²) in [6.07, 6.45) is 6.34. The van der Waals surface area contributed by atoms with E-state index < -0.39 is 0 Å². The minimum Gasteiger partial charge on any atom is -0.226 e. The fraction of sp³-hybridized carbons (Fsp3) is 0.182. The molecule has 1 heterocycles. The van der Waals surface area contributed by atoms with Gasteiger partial charge in [0.15, 0.2) is 0 Å². The average Bonchev–Trinajstić information content (AvgIpc) is 2.30. The third-order valence-corrected chi connectivity index (χ3v) is 2.80. The zero-order chi connectivity index (χ0) is 11.5. The largest absolute Gasteiger partial charge is 0.226 e. The molecule has 0 atom stereocenters. The summed E-state index contributed by atoms with van der Waals surface area (Å²) in [5, 5.41) is 9.94. The monoisotopic (exact) mass is 251 g/mol. The van der Waals surface area contributed by atoms with Crippen molar-refractivity contribution in [3.8, 4) is 6.07 Å². The summed E-state index contributed by atoms with van der Waals surface area (Å²) in [5.41, 5.74) is 2.25. The van der Waals surface area contributed by atoms with Crippen molar-refractivity contribution in [3.63, 3.8) is 0 Å². The van der Waals surface area contributed by atoms with Crippen LogP contribution < -0.4 is 0 Å². The highest BCUT2D eigenvalue weighted by molar-refractivity contribution is 6.30. The van der Waals surface area contributed by atoms with E-state index in [2.05, 4.69) is 16.0 Å². The summed E-state index contributed by atoms with van der Waals surface area (Å²) >= 11 is 11.6. The van der Waals surface area contributed by atoms with Crippen LogP contribution in [0.2, 0.25) is 5.28 Å². The zero-order valence-corrected chi connectivity index (χ0v) is 9.76. The molecule has 80 valence electrons. The summed E-state index contributed by atoms with van der Waals surface area (Å²) in [6, 6.07) is 2.18. The Morgan fingerprint density at radius 2 is 1.88 bits per heavy atom. The van der Waals surface area contributed by atoms with Crippen molar-refractivity contribution in [1.29, 1.82) is 5.26 Å². The van der Waals surface area contributed by atoms with Crippen molar-refractivity contribution in [2.24, 2.45) is 0 Å². The molecule has 0 saturated carbocycles. The van der Waals surface area contributed by atoms with Crippen LogP contribution in [0.15, 0.2) is 29.1 Å². The summed E-state index contributed by atoms with van der Waals surface area (Å²) in [6.45, 7) is 0. The Bertz CT molecular complexity index is 509. The van der Waals surface area contributed by atoms with Crippen LogP contribution in [0.1, 0.15) is 18.4 Å². The smallest absolute Gasteiger partial charge is 0.222 e. The number of hydrogen-bond donors (Lipinski definition) is 0. The lowest BCUT2D eigenvalue weighted by atomic mass is 9.94. The molecule has 0 amide bonds. The molecule has 0 N–H and O–H groups in total. The highest BCUT2D eigenvalue weighted by Gasteiger charge is 2.14. The van der Waals surface area contributed by atoms with Gasteiger partial charge in [-0.15, -0.1) is 0 Å². The minimum atomic E-state index is 0.189. The van der Waals surface area contributed by atoms with Crippen molar-refractivity contribution in [2.75, 3.05) is 0 Å². The standard InChI is InChI=1S/C11H7Cl2N3/c12-9-2-1-7(4-14)10(3-9)8-5-15-11(13)16-6-8/h3,5-6H,1-2H2. The Balaban J connectivity index is 2.49. The van der Waals surface area contributed by atoms with Crippen LogP contribution in [-0.4, -0.2) is 9.97 Å². The first-order valence-electron chi connectivity index (χ1n) is 4.68. The van der Waals surface area contributed by atoms with Crippen LogP contribution in [0.5, 0.6) is 0 Å². The molecule has 0 bridgehead atoms. The van der Waals surface area contributed by atoms with Gasteiger partial charge in [0.25, 0.3) is 0 Å². The van der Waals surface area contributed by atoms with E-state index >= 15 is 0 Å². The first kappa shape index (κ1) is 11.1. The fourth-order valence-corrected chi connectivity index (χ4v) is 1.82. The van der Waals surface area contributed by atoms with Crippen LogP contribution in [0.4, 0.5) is 0 Å². The highest BCUT2D eigenvalue weighted by Crippen LogP contribution is 2.31. The molecule has 0 fully saturated rings. The maximum absolute atomic E-state index is 9.02. The van der Waals surface area contributed by atoms with Crippen molar-refractivity contribution in [2.45, 2.75) is 12.8 Å². The van der Waals surface area contributed by atoms with Gasteiger partial charge in [0.1, 0.15) is 0 Å². The first-order valence-corrected chi connectivity index (χ1v) is 5.43. The molecule has 0 unspecified atom stereocenters. The van der Waals surface area contributed by atoms with Crippen LogP contribution in [0.3, 0.4) is 0 Å². The van der Waals surface area contributed by atoms with Gasteiger partial charge >= 0.3 is 0 Å². The Morgan fingerprint density at radius 1 is 1.19 bits per heavy atom. The quantitative estimate of drug-likeness (QED) is 0.720. The average molecular weight is 252 g/mol. The Labute approximate surface area is 103 Å². The maximum atomic E-state index is 9.02. The van der Waals surface area contributed by atoms with E-state index in [1.807, 2.05) is 0 Å². The normalized spacial score (nSPS) is 15.7. The van der Waals surface area contributed by atoms with Crippen molar-refractivity contribution < 1.29 is 0 Å². The topological polar surface area (TPSA) is 49.6 Å². The number of aromatic nitrogens is 2. The van der Waals surface area contributed by atoms with Crippen LogP contribution in [-0.2, 0) is 0 Å². The van der Waals surface area contributed by atoms with E-state index in [1.54, 1.807) is 18.5 Å². The fourth-order valence-electron chi connectivity index (χ4n) is 1.52. The third-order valence-electron chi connectivity index (χ3n) is 2.31. The lowest BCUT2D eigenvalue weighted by Gasteiger charge is -2.12. The van der Waals surface area contributed by atoms with E-state index in [4.69, 9.17) is 28.5 Å².